The lowest BCUT2D eigenvalue weighted by molar-refractivity contribution is -0.137. The predicted molar refractivity (Wildman–Crippen MR) is 117 cm³/mol. The van der Waals surface area contributed by atoms with Crippen LogP contribution in [0.15, 0.2) is 58.3 Å². The lowest BCUT2D eigenvalue weighted by atomic mass is 10.1. The first kappa shape index (κ1) is 24.5. The molecule has 1 aliphatic heterocycles. The van der Waals surface area contributed by atoms with Gasteiger partial charge in [-0.3, -0.25) is 0 Å². The summed E-state index contributed by atoms with van der Waals surface area (Å²) in [5.74, 6) is 0. The normalized spacial score (nSPS) is 19.2. The average Bonchev–Trinajstić information content (AvgIpc) is 3.59. The first-order chi connectivity index (χ1) is 15.4. The van der Waals surface area contributed by atoms with Crippen LogP contribution in [-0.4, -0.2) is 50.6 Å². The minimum absolute atomic E-state index is 0.0165. The van der Waals surface area contributed by atoms with Gasteiger partial charge in [0.2, 0.25) is 20.0 Å². The van der Waals surface area contributed by atoms with Crippen LogP contribution in [-0.2, 0) is 26.2 Å². The van der Waals surface area contributed by atoms with E-state index < -0.39 is 42.7 Å². The molecular formula is C21H22ClF3N2O4S2. The maximum absolute atomic E-state index is 13.3. The van der Waals surface area contributed by atoms with Crippen LogP contribution >= 0.6 is 11.6 Å². The molecule has 6 nitrogen and oxygen atoms in total. The highest BCUT2D eigenvalue weighted by molar-refractivity contribution is 7.89. The molecule has 1 saturated carbocycles. The Balaban J connectivity index is 1.52. The highest BCUT2D eigenvalue weighted by Gasteiger charge is 2.44. The van der Waals surface area contributed by atoms with Crippen molar-refractivity contribution in [2.24, 2.45) is 0 Å². The van der Waals surface area contributed by atoms with Gasteiger partial charge in [-0.25, -0.2) is 16.8 Å². The molecule has 12 heteroatoms. The van der Waals surface area contributed by atoms with E-state index in [-0.39, 0.29) is 36.9 Å². The lowest BCUT2D eigenvalue weighted by Crippen LogP contribution is -2.49. The monoisotopic (exact) mass is 522 g/mol. The van der Waals surface area contributed by atoms with E-state index >= 15 is 0 Å². The van der Waals surface area contributed by atoms with Crippen LogP contribution in [0.3, 0.4) is 0 Å². The highest BCUT2D eigenvalue weighted by atomic mass is 35.5. The van der Waals surface area contributed by atoms with Gasteiger partial charge in [-0.2, -0.15) is 21.8 Å². The van der Waals surface area contributed by atoms with Gasteiger partial charge in [0.05, 0.1) is 15.4 Å². The predicted octanol–water partition coefficient (Wildman–Crippen LogP) is 4.37. The van der Waals surface area contributed by atoms with E-state index in [1.807, 2.05) is 0 Å². The van der Waals surface area contributed by atoms with Gasteiger partial charge < -0.3 is 0 Å². The molecule has 0 unspecified atom stereocenters. The summed E-state index contributed by atoms with van der Waals surface area (Å²) < 4.78 is 94.2. The van der Waals surface area contributed by atoms with Gasteiger partial charge in [0, 0.05) is 30.2 Å². The maximum Gasteiger partial charge on any atom is 0.416 e. The average molecular weight is 523 g/mol. The van der Waals surface area contributed by atoms with Crippen LogP contribution in [0, 0.1) is 0 Å². The van der Waals surface area contributed by atoms with E-state index in [0.29, 0.717) is 11.1 Å². The fourth-order valence-corrected chi connectivity index (χ4v) is 7.64. The van der Waals surface area contributed by atoms with Crippen LogP contribution in [0.5, 0.6) is 0 Å². The molecule has 180 valence electrons. The zero-order valence-electron chi connectivity index (χ0n) is 17.4. The summed E-state index contributed by atoms with van der Waals surface area (Å²) in [5, 5.41) is 0.417. The topological polar surface area (TPSA) is 74.8 Å². The van der Waals surface area contributed by atoms with Crippen LogP contribution < -0.4 is 0 Å². The van der Waals surface area contributed by atoms with Gasteiger partial charge in [-0.15, -0.1) is 0 Å². The number of hydrogen-bond acceptors (Lipinski definition) is 4. The molecule has 0 bridgehead atoms. The largest absolute Gasteiger partial charge is 0.416 e. The zero-order valence-corrected chi connectivity index (χ0v) is 19.8. The van der Waals surface area contributed by atoms with Gasteiger partial charge in [-0.1, -0.05) is 17.7 Å². The number of benzene rings is 2. The van der Waals surface area contributed by atoms with Gasteiger partial charge in [-0.05, 0) is 68.1 Å². The molecule has 1 aliphatic carbocycles. The Bertz CT molecular complexity index is 1220. The summed E-state index contributed by atoms with van der Waals surface area (Å²) in [6.45, 7) is 0.0329. The standard InChI is InChI=1S/C21H22ClF3N2O4S2/c22-16-4-8-19(9-5-16)33(30,31)27(17-6-7-17)18-10-12-26(13-11-18)32(28,29)20-3-1-2-15(14-20)21(23,24)25/h1-5,8-9,14,17-18H,6-7,10-13H2. The number of sulfonamides is 2. The van der Waals surface area contributed by atoms with E-state index in [4.69, 9.17) is 11.6 Å². The number of alkyl halides is 3. The van der Waals surface area contributed by atoms with E-state index in [9.17, 15) is 30.0 Å². The zero-order chi connectivity index (χ0) is 24.0. The van der Waals surface area contributed by atoms with Crippen molar-refractivity contribution < 1.29 is 30.0 Å². The Morgan fingerprint density at radius 3 is 1.97 bits per heavy atom. The van der Waals surface area contributed by atoms with Gasteiger partial charge in [0.25, 0.3) is 0 Å². The number of rotatable bonds is 6. The molecule has 2 aliphatic rings. The summed E-state index contributed by atoms with van der Waals surface area (Å²) in [5.41, 5.74) is -1.03. The molecular weight excluding hydrogens is 501 g/mol. The third-order valence-corrected chi connectivity index (χ3v) is 10.0. The number of halogens is 4. The molecule has 0 atom stereocenters. The number of hydrogen-bond donors (Lipinski definition) is 0. The van der Waals surface area contributed by atoms with E-state index in [2.05, 4.69) is 0 Å². The van der Waals surface area contributed by atoms with Crippen molar-refractivity contribution in [3.05, 3.63) is 59.1 Å². The van der Waals surface area contributed by atoms with Crippen molar-refractivity contribution in [2.45, 2.75) is 53.7 Å². The molecule has 0 N–H and O–H groups in total. The fraction of sp³-hybridized carbons (Fsp3) is 0.429. The summed E-state index contributed by atoms with van der Waals surface area (Å²) in [7, 11) is -7.94. The molecule has 0 aromatic heterocycles. The minimum Gasteiger partial charge on any atom is -0.207 e. The number of piperidine rings is 1. The van der Waals surface area contributed by atoms with Gasteiger partial charge >= 0.3 is 6.18 Å². The summed E-state index contributed by atoms with van der Waals surface area (Å²) in [6, 6.07) is 9.01. The molecule has 0 radical (unpaired) electrons. The van der Waals surface area contributed by atoms with Crippen LogP contribution in [0.1, 0.15) is 31.2 Å². The second-order valence-corrected chi connectivity index (χ2v) is 12.4. The SMILES string of the molecule is O=S(=O)(c1cccc(C(F)(F)F)c1)N1CCC(N(C2CC2)S(=O)(=O)c2ccc(Cl)cc2)CC1. The van der Waals surface area contributed by atoms with E-state index in [1.54, 1.807) is 0 Å². The molecule has 2 fully saturated rings. The fourth-order valence-electron chi connectivity index (χ4n) is 4.07. The lowest BCUT2D eigenvalue weighted by Gasteiger charge is -2.37. The van der Waals surface area contributed by atoms with Crippen molar-refractivity contribution in [1.82, 2.24) is 8.61 Å². The van der Waals surface area contributed by atoms with Crippen molar-refractivity contribution in [3.8, 4) is 0 Å². The van der Waals surface area contributed by atoms with Gasteiger partial charge in [0.15, 0.2) is 0 Å². The summed E-state index contributed by atoms with van der Waals surface area (Å²) in [6.07, 6.45) is -2.69. The quantitative estimate of drug-likeness (QED) is 0.565. The minimum atomic E-state index is -4.65. The van der Waals surface area contributed by atoms with Crippen LogP contribution in [0.2, 0.25) is 5.02 Å². The summed E-state index contributed by atoms with van der Waals surface area (Å²) >= 11 is 5.88. The molecule has 0 amide bonds. The number of nitrogens with zero attached hydrogens (tertiary/aromatic N) is 2. The second-order valence-electron chi connectivity index (χ2n) is 8.18. The molecule has 2 aromatic carbocycles. The van der Waals surface area contributed by atoms with Crippen molar-refractivity contribution in [2.75, 3.05) is 13.1 Å². The second kappa shape index (κ2) is 8.84. The Morgan fingerprint density at radius 2 is 1.42 bits per heavy atom. The third-order valence-electron chi connectivity index (χ3n) is 5.88. The van der Waals surface area contributed by atoms with E-state index in [0.717, 1.165) is 35.3 Å². The third kappa shape index (κ3) is 5.07. The maximum atomic E-state index is 13.3. The van der Waals surface area contributed by atoms with E-state index in [1.165, 1.54) is 28.6 Å². The first-order valence-corrected chi connectivity index (χ1v) is 13.6. The Hall–Kier alpha value is -1.66. The van der Waals surface area contributed by atoms with Crippen LogP contribution in [0.25, 0.3) is 0 Å². The Morgan fingerprint density at radius 1 is 0.848 bits per heavy atom. The van der Waals surface area contributed by atoms with Crippen molar-refractivity contribution >= 4 is 31.6 Å². The smallest absolute Gasteiger partial charge is 0.207 e. The Labute approximate surface area is 196 Å². The molecule has 4 rings (SSSR count). The molecule has 1 saturated heterocycles. The molecule has 0 spiro atoms. The molecule has 2 aromatic rings. The summed E-state index contributed by atoms with van der Waals surface area (Å²) in [4.78, 5) is -0.304. The highest BCUT2D eigenvalue weighted by Crippen LogP contribution is 2.38. The Kier molecular flexibility index (Phi) is 6.56. The molecule has 33 heavy (non-hydrogen) atoms. The van der Waals surface area contributed by atoms with Crippen molar-refractivity contribution in [3.63, 3.8) is 0 Å². The van der Waals surface area contributed by atoms with Crippen LogP contribution in [0.4, 0.5) is 13.2 Å². The first-order valence-electron chi connectivity index (χ1n) is 10.4. The molecule has 1 heterocycles. The van der Waals surface area contributed by atoms with Crippen molar-refractivity contribution in [1.29, 1.82) is 0 Å². The van der Waals surface area contributed by atoms with Gasteiger partial charge in [0.1, 0.15) is 0 Å².